The van der Waals surface area contributed by atoms with Gasteiger partial charge in [0.15, 0.2) is 0 Å². The first-order chi connectivity index (χ1) is 8.38. The van der Waals surface area contributed by atoms with Crippen LogP contribution in [0.5, 0.6) is 0 Å². The van der Waals surface area contributed by atoms with Crippen molar-refractivity contribution in [3.8, 4) is 0 Å². The van der Waals surface area contributed by atoms with E-state index in [1.54, 1.807) is 24.0 Å². The maximum Gasteiger partial charge on any atom is 0.250 e. The molecule has 2 aromatic heterocycles. The van der Waals surface area contributed by atoms with E-state index in [4.69, 9.17) is 11.6 Å². The van der Waals surface area contributed by atoms with Crippen molar-refractivity contribution in [1.29, 1.82) is 0 Å². The third-order valence-corrected chi connectivity index (χ3v) is 5.51. The van der Waals surface area contributed by atoms with Gasteiger partial charge in [0.2, 0.25) is 10.0 Å². The average molecular weight is 306 g/mol. The molecule has 2 aromatic rings. The van der Waals surface area contributed by atoms with Crippen LogP contribution in [0.3, 0.4) is 0 Å². The SMILES string of the molecule is Cc1nn(C)cc1CNS(=O)(=O)c1ccc(Cl)s1. The third-order valence-electron chi connectivity index (χ3n) is 2.38. The predicted octanol–water partition coefficient (Wildman–Crippen LogP) is 1.92. The Morgan fingerprint density at radius 3 is 2.72 bits per heavy atom. The van der Waals surface area contributed by atoms with Crippen molar-refractivity contribution in [3.05, 3.63) is 33.9 Å². The van der Waals surface area contributed by atoms with Gasteiger partial charge in [0, 0.05) is 25.4 Å². The minimum absolute atomic E-state index is 0.217. The molecule has 8 heteroatoms. The zero-order chi connectivity index (χ0) is 13.3. The number of hydrogen-bond donors (Lipinski definition) is 1. The number of nitrogens with zero attached hydrogens (tertiary/aromatic N) is 2. The molecule has 0 saturated heterocycles. The highest BCUT2D eigenvalue weighted by Gasteiger charge is 2.17. The molecule has 0 saturated carbocycles. The van der Waals surface area contributed by atoms with Gasteiger partial charge in [-0.05, 0) is 19.1 Å². The molecular formula is C10H12ClN3O2S2. The fraction of sp³-hybridized carbons (Fsp3) is 0.300. The van der Waals surface area contributed by atoms with E-state index in [-0.39, 0.29) is 10.8 Å². The number of sulfonamides is 1. The van der Waals surface area contributed by atoms with Crippen molar-refractivity contribution in [2.75, 3.05) is 0 Å². The summed E-state index contributed by atoms with van der Waals surface area (Å²) in [6, 6.07) is 3.06. The number of nitrogens with one attached hydrogen (secondary N) is 1. The Kier molecular flexibility index (Phi) is 3.76. The fourth-order valence-corrected chi connectivity index (χ4v) is 4.04. The number of thiophene rings is 1. The van der Waals surface area contributed by atoms with Crippen molar-refractivity contribution < 1.29 is 8.42 Å². The van der Waals surface area contributed by atoms with Crippen molar-refractivity contribution in [3.63, 3.8) is 0 Å². The van der Waals surface area contributed by atoms with Crippen LogP contribution in [0.2, 0.25) is 4.34 Å². The van der Waals surface area contributed by atoms with Gasteiger partial charge in [0.1, 0.15) is 4.21 Å². The van der Waals surface area contributed by atoms with Crippen molar-refractivity contribution in [1.82, 2.24) is 14.5 Å². The van der Waals surface area contributed by atoms with Gasteiger partial charge in [-0.3, -0.25) is 4.68 Å². The molecule has 98 valence electrons. The summed E-state index contributed by atoms with van der Waals surface area (Å²) in [4.78, 5) is 0. The lowest BCUT2D eigenvalue weighted by Gasteiger charge is -2.03. The topological polar surface area (TPSA) is 64.0 Å². The minimum atomic E-state index is -3.50. The molecular weight excluding hydrogens is 294 g/mol. The number of aryl methyl sites for hydroxylation is 2. The largest absolute Gasteiger partial charge is 0.275 e. The summed E-state index contributed by atoms with van der Waals surface area (Å²) in [5.41, 5.74) is 1.66. The fourth-order valence-electron chi connectivity index (χ4n) is 1.51. The summed E-state index contributed by atoms with van der Waals surface area (Å²) in [7, 11) is -1.70. The molecule has 1 N–H and O–H groups in total. The van der Waals surface area contributed by atoms with Gasteiger partial charge in [-0.25, -0.2) is 13.1 Å². The van der Waals surface area contributed by atoms with Crippen molar-refractivity contribution in [2.45, 2.75) is 17.7 Å². The standard InChI is InChI=1S/C10H12ClN3O2S2/c1-7-8(6-14(2)13-7)5-12-18(15,16)10-4-3-9(11)17-10/h3-4,6,12H,5H2,1-2H3. The Balaban J connectivity index is 2.13. The maximum atomic E-state index is 12.0. The predicted molar refractivity (Wildman–Crippen MR) is 71.3 cm³/mol. The van der Waals surface area contributed by atoms with Crippen molar-refractivity contribution in [2.24, 2.45) is 7.05 Å². The van der Waals surface area contributed by atoms with E-state index in [0.29, 0.717) is 4.34 Å². The van der Waals surface area contributed by atoms with Gasteiger partial charge >= 0.3 is 0 Å². The van der Waals surface area contributed by atoms with Gasteiger partial charge in [0.05, 0.1) is 10.0 Å². The maximum absolute atomic E-state index is 12.0. The Labute approximate surface area is 114 Å². The van der Waals surface area contributed by atoms with Crippen LogP contribution in [-0.4, -0.2) is 18.2 Å². The third kappa shape index (κ3) is 2.92. The van der Waals surface area contributed by atoms with Crippen LogP contribution in [0.4, 0.5) is 0 Å². The zero-order valence-electron chi connectivity index (χ0n) is 9.84. The van der Waals surface area contributed by atoms with Crippen LogP contribution in [0.25, 0.3) is 0 Å². The van der Waals surface area contributed by atoms with E-state index < -0.39 is 10.0 Å². The second-order valence-corrected chi connectivity index (χ2v) is 7.51. The van der Waals surface area contributed by atoms with Crippen LogP contribution in [-0.2, 0) is 23.6 Å². The lowest BCUT2D eigenvalue weighted by molar-refractivity contribution is 0.583. The molecule has 0 radical (unpaired) electrons. The summed E-state index contributed by atoms with van der Waals surface area (Å²) in [6.07, 6.45) is 1.79. The van der Waals surface area contributed by atoms with E-state index in [0.717, 1.165) is 22.6 Å². The van der Waals surface area contributed by atoms with E-state index in [2.05, 4.69) is 9.82 Å². The average Bonchev–Trinajstić information content (AvgIpc) is 2.83. The summed E-state index contributed by atoms with van der Waals surface area (Å²) in [6.45, 7) is 2.06. The van der Waals surface area contributed by atoms with Crippen LogP contribution < -0.4 is 4.72 Å². The highest BCUT2D eigenvalue weighted by atomic mass is 35.5. The van der Waals surface area contributed by atoms with Gasteiger partial charge in [0.25, 0.3) is 0 Å². The molecule has 0 unspecified atom stereocenters. The molecule has 0 atom stereocenters. The molecule has 0 bridgehead atoms. The first-order valence-electron chi connectivity index (χ1n) is 5.12. The molecule has 0 aliphatic carbocycles. The van der Waals surface area contributed by atoms with Gasteiger partial charge in [-0.1, -0.05) is 11.6 Å². The summed E-state index contributed by atoms with van der Waals surface area (Å²) >= 11 is 6.76. The van der Waals surface area contributed by atoms with Gasteiger partial charge in [-0.2, -0.15) is 5.10 Å². The summed E-state index contributed by atoms with van der Waals surface area (Å²) < 4.78 is 28.8. The Morgan fingerprint density at radius 2 is 2.22 bits per heavy atom. The van der Waals surface area contributed by atoms with E-state index in [9.17, 15) is 8.42 Å². The molecule has 0 fully saturated rings. The molecule has 0 amide bonds. The Morgan fingerprint density at radius 1 is 1.50 bits per heavy atom. The number of rotatable bonds is 4. The Hall–Kier alpha value is -0.890. The molecule has 18 heavy (non-hydrogen) atoms. The monoisotopic (exact) mass is 305 g/mol. The van der Waals surface area contributed by atoms with E-state index >= 15 is 0 Å². The zero-order valence-corrected chi connectivity index (χ0v) is 12.2. The first-order valence-corrected chi connectivity index (χ1v) is 7.80. The van der Waals surface area contributed by atoms with Gasteiger partial charge in [-0.15, -0.1) is 11.3 Å². The van der Waals surface area contributed by atoms with Crippen LogP contribution in [0, 0.1) is 6.92 Å². The summed E-state index contributed by atoms with van der Waals surface area (Å²) in [5, 5.41) is 4.15. The van der Waals surface area contributed by atoms with Crippen molar-refractivity contribution >= 4 is 33.0 Å². The first kappa shape index (κ1) is 13.5. The van der Waals surface area contributed by atoms with Crippen LogP contribution in [0.1, 0.15) is 11.3 Å². The summed E-state index contributed by atoms with van der Waals surface area (Å²) in [5.74, 6) is 0. The lowest BCUT2D eigenvalue weighted by Crippen LogP contribution is -2.22. The molecule has 0 aliphatic rings. The highest BCUT2D eigenvalue weighted by molar-refractivity contribution is 7.91. The number of hydrogen-bond acceptors (Lipinski definition) is 4. The molecule has 2 rings (SSSR count). The molecule has 2 heterocycles. The van der Waals surface area contributed by atoms with Gasteiger partial charge < -0.3 is 0 Å². The Bertz CT molecular complexity index is 660. The molecule has 0 spiro atoms. The van der Waals surface area contributed by atoms with E-state index in [1.165, 1.54) is 6.07 Å². The molecule has 0 aliphatic heterocycles. The number of aromatic nitrogens is 2. The highest BCUT2D eigenvalue weighted by Crippen LogP contribution is 2.25. The van der Waals surface area contributed by atoms with Crippen LogP contribution in [0.15, 0.2) is 22.5 Å². The minimum Gasteiger partial charge on any atom is -0.275 e. The van der Waals surface area contributed by atoms with E-state index in [1.807, 2.05) is 6.92 Å². The lowest BCUT2D eigenvalue weighted by atomic mass is 10.3. The van der Waals surface area contributed by atoms with Crippen LogP contribution >= 0.6 is 22.9 Å². The molecule has 0 aromatic carbocycles. The number of halogens is 1. The molecule has 5 nitrogen and oxygen atoms in total. The second kappa shape index (κ2) is 5.00. The normalized spacial score (nSPS) is 11.9. The smallest absolute Gasteiger partial charge is 0.250 e. The second-order valence-electron chi connectivity index (χ2n) is 3.80. The quantitative estimate of drug-likeness (QED) is 0.938.